The molecule has 0 heterocycles. The van der Waals surface area contributed by atoms with Crippen LogP contribution in [-0.4, -0.2) is 11.1 Å². The fourth-order valence-corrected chi connectivity index (χ4v) is 3.81. The molecule has 1 N–H and O–H groups in total. The lowest BCUT2D eigenvalue weighted by atomic mass is 9.57. The predicted octanol–water partition coefficient (Wildman–Crippen LogP) is 2.89. The van der Waals surface area contributed by atoms with Crippen molar-refractivity contribution in [1.82, 2.24) is 0 Å². The second-order valence-corrected chi connectivity index (χ2v) is 5.44. The number of rotatable bonds is 2. The van der Waals surface area contributed by atoms with Crippen LogP contribution in [0.1, 0.15) is 30.4 Å². The van der Waals surface area contributed by atoms with Gasteiger partial charge in [0.05, 0.1) is 5.92 Å². The molecule has 2 bridgehead atoms. The van der Waals surface area contributed by atoms with Crippen LogP contribution in [0.2, 0.25) is 0 Å². The second-order valence-electron chi connectivity index (χ2n) is 5.44. The lowest BCUT2D eigenvalue weighted by Gasteiger charge is -2.45. The summed E-state index contributed by atoms with van der Waals surface area (Å²) in [5, 5.41) is 9.29. The summed E-state index contributed by atoms with van der Waals surface area (Å²) in [7, 11) is 0. The van der Waals surface area contributed by atoms with Gasteiger partial charge in [-0.15, -0.1) is 0 Å². The molecule has 3 atom stereocenters. The number of fused-ring (bicyclic) bond motifs is 1. The maximum atomic E-state index is 13.3. The Morgan fingerprint density at radius 3 is 2.88 bits per heavy atom. The summed E-state index contributed by atoms with van der Waals surface area (Å²) < 4.78 is 13.3. The third-order valence-electron chi connectivity index (χ3n) is 4.65. The second kappa shape index (κ2) is 3.31. The van der Waals surface area contributed by atoms with Gasteiger partial charge in [0.15, 0.2) is 0 Å². The summed E-state index contributed by atoms with van der Waals surface area (Å²) in [6.07, 6.45) is 2.88. The van der Waals surface area contributed by atoms with Crippen molar-refractivity contribution in [3.05, 3.63) is 35.1 Å². The molecule has 3 fully saturated rings. The SMILES string of the molecule is Cc1cc(C23CCC(C2)C3C(=O)O)ccc1F. The van der Waals surface area contributed by atoms with E-state index in [2.05, 4.69) is 0 Å². The zero-order valence-electron chi connectivity index (χ0n) is 9.74. The van der Waals surface area contributed by atoms with Crippen LogP contribution in [0.15, 0.2) is 18.2 Å². The molecule has 2 nitrogen and oxygen atoms in total. The number of aryl methyl sites for hydroxylation is 1. The van der Waals surface area contributed by atoms with Gasteiger partial charge < -0.3 is 5.11 Å². The summed E-state index contributed by atoms with van der Waals surface area (Å²) in [5.41, 5.74) is 1.41. The highest BCUT2D eigenvalue weighted by atomic mass is 19.1. The Bertz CT molecular complexity index is 493. The topological polar surface area (TPSA) is 37.3 Å². The molecule has 3 saturated carbocycles. The highest BCUT2D eigenvalue weighted by Crippen LogP contribution is 2.64. The number of carboxylic acids is 1. The molecule has 1 aromatic carbocycles. The van der Waals surface area contributed by atoms with Crippen molar-refractivity contribution in [2.45, 2.75) is 31.6 Å². The maximum absolute atomic E-state index is 13.3. The molecule has 3 heteroatoms. The molecule has 0 aliphatic heterocycles. The van der Waals surface area contributed by atoms with Crippen molar-refractivity contribution in [2.24, 2.45) is 11.8 Å². The van der Waals surface area contributed by atoms with Crippen LogP contribution in [0, 0.1) is 24.6 Å². The van der Waals surface area contributed by atoms with Crippen LogP contribution in [0.4, 0.5) is 4.39 Å². The number of halogens is 1. The van der Waals surface area contributed by atoms with Crippen molar-refractivity contribution < 1.29 is 14.3 Å². The van der Waals surface area contributed by atoms with E-state index in [-0.39, 0.29) is 17.2 Å². The predicted molar refractivity (Wildman–Crippen MR) is 61.3 cm³/mol. The van der Waals surface area contributed by atoms with Crippen LogP contribution < -0.4 is 0 Å². The van der Waals surface area contributed by atoms with E-state index in [1.54, 1.807) is 13.0 Å². The van der Waals surface area contributed by atoms with Gasteiger partial charge in [-0.2, -0.15) is 0 Å². The van der Waals surface area contributed by atoms with Gasteiger partial charge in [0.25, 0.3) is 0 Å². The van der Waals surface area contributed by atoms with Gasteiger partial charge in [0.2, 0.25) is 0 Å². The van der Waals surface area contributed by atoms with Crippen LogP contribution in [0.5, 0.6) is 0 Å². The van der Waals surface area contributed by atoms with Gasteiger partial charge >= 0.3 is 5.97 Å². The zero-order chi connectivity index (χ0) is 12.2. The minimum Gasteiger partial charge on any atom is -0.481 e. The third-order valence-corrected chi connectivity index (χ3v) is 4.65. The molecule has 0 radical (unpaired) electrons. The molecule has 3 aliphatic rings. The number of aliphatic carboxylic acids is 1. The van der Waals surface area contributed by atoms with Crippen LogP contribution in [0.25, 0.3) is 0 Å². The normalized spacial score (nSPS) is 34.5. The molecule has 0 saturated heterocycles. The molecular formula is C14H15FO2. The molecular weight excluding hydrogens is 219 g/mol. The molecule has 0 amide bonds. The first-order valence-corrected chi connectivity index (χ1v) is 6.04. The Balaban J connectivity index is 2.03. The zero-order valence-corrected chi connectivity index (χ0v) is 9.74. The monoisotopic (exact) mass is 234 g/mol. The van der Waals surface area contributed by atoms with Crippen LogP contribution in [-0.2, 0) is 10.2 Å². The van der Waals surface area contributed by atoms with E-state index in [4.69, 9.17) is 0 Å². The number of hydrogen-bond donors (Lipinski definition) is 1. The largest absolute Gasteiger partial charge is 0.481 e. The molecule has 3 aliphatic carbocycles. The molecule has 4 rings (SSSR count). The minimum absolute atomic E-state index is 0.213. The number of carbonyl (C=O) groups is 1. The Kier molecular flexibility index (Phi) is 2.09. The van der Waals surface area contributed by atoms with Crippen LogP contribution in [0.3, 0.4) is 0 Å². The summed E-state index contributed by atoms with van der Waals surface area (Å²) >= 11 is 0. The van der Waals surface area contributed by atoms with Gasteiger partial charge in [-0.3, -0.25) is 4.79 Å². The lowest BCUT2D eigenvalue weighted by molar-refractivity contribution is -0.150. The molecule has 90 valence electrons. The van der Waals surface area contributed by atoms with Crippen molar-refractivity contribution >= 4 is 5.97 Å². The van der Waals surface area contributed by atoms with E-state index in [9.17, 15) is 14.3 Å². The molecule has 0 spiro atoms. The number of benzene rings is 1. The Labute approximate surface area is 99.5 Å². The van der Waals surface area contributed by atoms with Gasteiger partial charge in [0, 0.05) is 5.41 Å². The Morgan fingerprint density at radius 2 is 2.29 bits per heavy atom. The highest BCUT2D eigenvalue weighted by Gasteiger charge is 2.62. The van der Waals surface area contributed by atoms with E-state index >= 15 is 0 Å². The lowest BCUT2D eigenvalue weighted by Crippen LogP contribution is -2.48. The van der Waals surface area contributed by atoms with Crippen molar-refractivity contribution in [1.29, 1.82) is 0 Å². The van der Waals surface area contributed by atoms with E-state index in [0.717, 1.165) is 24.8 Å². The average Bonchev–Trinajstić information content (AvgIpc) is 2.80. The van der Waals surface area contributed by atoms with Gasteiger partial charge in [-0.05, 0) is 49.3 Å². The summed E-state index contributed by atoms with van der Waals surface area (Å²) in [6, 6.07) is 5.05. The van der Waals surface area contributed by atoms with Gasteiger partial charge in [0.1, 0.15) is 5.82 Å². The summed E-state index contributed by atoms with van der Waals surface area (Å²) in [4.78, 5) is 11.3. The van der Waals surface area contributed by atoms with E-state index in [1.807, 2.05) is 6.07 Å². The maximum Gasteiger partial charge on any atom is 0.307 e. The Hall–Kier alpha value is -1.38. The third kappa shape index (κ3) is 1.28. The first-order valence-electron chi connectivity index (χ1n) is 6.04. The quantitative estimate of drug-likeness (QED) is 0.854. The molecule has 1 aromatic rings. The molecule has 0 aromatic heterocycles. The first kappa shape index (κ1) is 10.8. The highest BCUT2D eigenvalue weighted by molar-refractivity contribution is 5.75. The number of hydrogen-bond acceptors (Lipinski definition) is 1. The fourth-order valence-electron chi connectivity index (χ4n) is 3.81. The first-order chi connectivity index (χ1) is 8.04. The van der Waals surface area contributed by atoms with E-state index in [1.165, 1.54) is 6.07 Å². The number of carboxylic acid groups (broad SMARTS) is 1. The summed E-state index contributed by atoms with van der Waals surface area (Å²) in [6.45, 7) is 1.73. The summed E-state index contributed by atoms with van der Waals surface area (Å²) in [5.74, 6) is -0.836. The van der Waals surface area contributed by atoms with Crippen LogP contribution >= 0.6 is 0 Å². The smallest absolute Gasteiger partial charge is 0.307 e. The van der Waals surface area contributed by atoms with E-state index < -0.39 is 5.97 Å². The van der Waals surface area contributed by atoms with E-state index in [0.29, 0.717) is 11.5 Å². The van der Waals surface area contributed by atoms with Crippen molar-refractivity contribution in [3.8, 4) is 0 Å². The average molecular weight is 234 g/mol. The standard InChI is InChI=1S/C14H15FO2/c1-8-6-10(2-3-11(8)15)14-5-4-9(7-14)12(14)13(16)17/h2-3,6,9,12H,4-5,7H2,1H3,(H,16,17). The molecule has 3 unspecified atom stereocenters. The molecule has 17 heavy (non-hydrogen) atoms. The van der Waals surface area contributed by atoms with Gasteiger partial charge in [-0.25, -0.2) is 4.39 Å². The van der Waals surface area contributed by atoms with Gasteiger partial charge in [-0.1, -0.05) is 12.1 Å². The van der Waals surface area contributed by atoms with Crippen molar-refractivity contribution in [2.75, 3.05) is 0 Å². The Morgan fingerprint density at radius 1 is 1.53 bits per heavy atom. The van der Waals surface area contributed by atoms with Crippen molar-refractivity contribution in [3.63, 3.8) is 0 Å². The fraction of sp³-hybridized carbons (Fsp3) is 0.500. The minimum atomic E-state index is -0.694.